The molecule has 0 fully saturated rings. The van der Waals surface area contributed by atoms with Gasteiger partial charge in [0.1, 0.15) is 12.4 Å². The molecule has 1 aromatic heterocycles. The highest BCUT2D eigenvalue weighted by Gasteiger charge is 2.14. The monoisotopic (exact) mass is 358 g/mol. The van der Waals surface area contributed by atoms with E-state index in [0.717, 1.165) is 21.4 Å². The molecule has 1 atom stereocenters. The van der Waals surface area contributed by atoms with E-state index in [2.05, 4.69) is 21.0 Å². The van der Waals surface area contributed by atoms with Crippen molar-refractivity contribution in [2.24, 2.45) is 7.05 Å². The molecule has 4 nitrogen and oxygen atoms in total. The normalized spacial score (nSPS) is 12.5. The summed E-state index contributed by atoms with van der Waals surface area (Å²) >= 11 is 9.57. The van der Waals surface area contributed by atoms with Crippen molar-refractivity contribution in [3.8, 4) is 5.75 Å². The number of aromatic nitrogens is 2. The molecule has 1 aromatic carbocycles. The molecule has 0 radical (unpaired) electrons. The van der Waals surface area contributed by atoms with Gasteiger partial charge in [-0.2, -0.15) is 5.10 Å². The Kier molecular flexibility index (Phi) is 4.73. The van der Waals surface area contributed by atoms with Gasteiger partial charge in [-0.1, -0.05) is 27.5 Å². The third-order valence-corrected chi connectivity index (χ3v) is 4.03. The number of rotatable bonds is 4. The molecule has 2 aromatic rings. The fraction of sp³-hybridized carbons (Fsp3) is 0.357. The van der Waals surface area contributed by atoms with E-state index in [1.807, 2.05) is 32.2 Å². The predicted molar refractivity (Wildman–Crippen MR) is 82.1 cm³/mol. The van der Waals surface area contributed by atoms with Crippen molar-refractivity contribution in [1.29, 1.82) is 0 Å². The van der Waals surface area contributed by atoms with Gasteiger partial charge in [0.05, 0.1) is 22.5 Å². The molecule has 2 rings (SSSR count). The van der Waals surface area contributed by atoms with Crippen LogP contribution in [0.15, 0.2) is 22.7 Å². The van der Waals surface area contributed by atoms with Crippen molar-refractivity contribution in [1.82, 2.24) is 9.78 Å². The molecule has 0 aliphatic heterocycles. The van der Waals surface area contributed by atoms with Gasteiger partial charge in [-0.15, -0.1) is 0 Å². The Morgan fingerprint density at radius 2 is 2.20 bits per heavy atom. The van der Waals surface area contributed by atoms with Crippen molar-refractivity contribution in [3.63, 3.8) is 0 Å². The number of nitrogens with zero attached hydrogens (tertiary/aromatic N) is 2. The van der Waals surface area contributed by atoms with Gasteiger partial charge in [0.2, 0.25) is 0 Å². The molecule has 0 aliphatic carbocycles. The van der Waals surface area contributed by atoms with Crippen LogP contribution in [0.1, 0.15) is 30.0 Å². The van der Waals surface area contributed by atoms with Crippen LogP contribution in [0.5, 0.6) is 5.75 Å². The zero-order chi connectivity index (χ0) is 14.9. The third-order valence-electron chi connectivity index (χ3n) is 3.05. The second kappa shape index (κ2) is 6.16. The molecular weight excluding hydrogens is 344 g/mol. The van der Waals surface area contributed by atoms with Crippen LogP contribution in [0, 0.1) is 6.92 Å². The van der Waals surface area contributed by atoms with Crippen LogP contribution in [0.3, 0.4) is 0 Å². The van der Waals surface area contributed by atoms with Crippen LogP contribution in [0.4, 0.5) is 0 Å². The lowest BCUT2D eigenvalue weighted by molar-refractivity contribution is 0.189. The van der Waals surface area contributed by atoms with Gasteiger partial charge in [0, 0.05) is 17.1 Å². The largest absolute Gasteiger partial charge is 0.487 e. The molecular formula is C14H16BrClN2O2. The standard InChI is InChI=1S/C14H16BrClN2O2/c1-8-14(16)12(18(3)17-8)7-20-13-5-4-10(15)6-11(13)9(2)19/h4-6,9,19H,7H2,1-3H3/t9-/m1/s1. The van der Waals surface area contributed by atoms with E-state index in [9.17, 15) is 5.11 Å². The number of aryl methyl sites for hydroxylation is 2. The molecule has 108 valence electrons. The van der Waals surface area contributed by atoms with Gasteiger partial charge in [-0.3, -0.25) is 4.68 Å². The van der Waals surface area contributed by atoms with E-state index < -0.39 is 6.10 Å². The third kappa shape index (κ3) is 3.16. The number of aliphatic hydroxyl groups is 1. The minimum absolute atomic E-state index is 0.303. The van der Waals surface area contributed by atoms with Crippen molar-refractivity contribution in [2.75, 3.05) is 0 Å². The van der Waals surface area contributed by atoms with Crippen LogP contribution < -0.4 is 4.74 Å². The molecule has 6 heteroatoms. The van der Waals surface area contributed by atoms with Gasteiger partial charge in [-0.25, -0.2) is 0 Å². The van der Waals surface area contributed by atoms with Crippen LogP contribution in [0.2, 0.25) is 5.02 Å². The SMILES string of the molecule is Cc1nn(C)c(COc2ccc(Br)cc2[C@@H](C)O)c1Cl. The number of halogens is 2. The number of ether oxygens (including phenoxy) is 1. The first-order chi connectivity index (χ1) is 9.40. The summed E-state index contributed by atoms with van der Waals surface area (Å²) < 4.78 is 8.39. The molecule has 0 saturated carbocycles. The lowest BCUT2D eigenvalue weighted by atomic mass is 10.1. The maximum absolute atomic E-state index is 9.80. The van der Waals surface area contributed by atoms with Crippen LogP contribution in [0.25, 0.3) is 0 Å². The van der Waals surface area contributed by atoms with E-state index in [-0.39, 0.29) is 0 Å². The lowest BCUT2D eigenvalue weighted by Gasteiger charge is -2.14. The Bertz CT molecular complexity index is 626. The summed E-state index contributed by atoms with van der Waals surface area (Å²) in [6.07, 6.45) is -0.605. The minimum Gasteiger partial charge on any atom is -0.487 e. The highest BCUT2D eigenvalue weighted by Crippen LogP contribution is 2.30. The summed E-state index contributed by atoms with van der Waals surface area (Å²) in [5.41, 5.74) is 2.32. The van der Waals surface area contributed by atoms with Crippen LogP contribution in [-0.2, 0) is 13.7 Å². The van der Waals surface area contributed by atoms with Gasteiger partial charge >= 0.3 is 0 Å². The van der Waals surface area contributed by atoms with E-state index in [4.69, 9.17) is 16.3 Å². The zero-order valence-electron chi connectivity index (χ0n) is 11.5. The second-order valence-corrected chi connectivity index (χ2v) is 5.91. The highest BCUT2D eigenvalue weighted by atomic mass is 79.9. The van der Waals surface area contributed by atoms with Gasteiger partial charge in [0.25, 0.3) is 0 Å². The molecule has 0 unspecified atom stereocenters. The second-order valence-electron chi connectivity index (χ2n) is 4.62. The summed E-state index contributed by atoms with van der Waals surface area (Å²) in [4.78, 5) is 0. The first kappa shape index (κ1) is 15.4. The number of aliphatic hydroxyl groups excluding tert-OH is 1. The zero-order valence-corrected chi connectivity index (χ0v) is 13.9. The average Bonchev–Trinajstić information content (AvgIpc) is 2.62. The van der Waals surface area contributed by atoms with Crippen LogP contribution in [-0.4, -0.2) is 14.9 Å². The minimum atomic E-state index is -0.605. The molecule has 0 saturated heterocycles. The number of benzene rings is 1. The number of hydrogen-bond acceptors (Lipinski definition) is 3. The number of hydrogen-bond donors (Lipinski definition) is 1. The average molecular weight is 360 g/mol. The van der Waals surface area contributed by atoms with Crippen molar-refractivity contribution in [3.05, 3.63) is 44.6 Å². The first-order valence-electron chi connectivity index (χ1n) is 6.18. The van der Waals surface area contributed by atoms with E-state index in [0.29, 0.717) is 17.4 Å². The molecule has 1 heterocycles. The Labute approximate surface area is 131 Å². The van der Waals surface area contributed by atoms with Crippen LogP contribution >= 0.6 is 27.5 Å². The molecule has 0 aliphatic rings. The summed E-state index contributed by atoms with van der Waals surface area (Å²) in [6.45, 7) is 3.86. The highest BCUT2D eigenvalue weighted by molar-refractivity contribution is 9.10. The maximum atomic E-state index is 9.80. The van der Waals surface area contributed by atoms with E-state index in [1.54, 1.807) is 11.6 Å². The lowest BCUT2D eigenvalue weighted by Crippen LogP contribution is -2.05. The molecule has 0 bridgehead atoms. The molecule has 1 N–H and O–H groups in total. The maximum Gasteiger partial charge on any atom is 0.131 e. The quantitative estimate of drug-likeness (QED) is 0.904. The van der Waals surface area contributed by atoms with Crippen molar-refractivity contribution >= 4 is 27.5 Å². The van der Waals surface area contributed by atoms with Gasteiger partial charge < -0.3 is 9.84 Å². The summed E-state index contributed by atoms with van der Waals surface area (Å²) in [5, 5.41) is 14.7. The fourth-order valence-corrected chi connectivity index (χ4v) is 2.55. The molecule has 20 heavy (non-hydrogen) atoms. The summed E-state index contributed by atoms with van der Waals surface area (Å²) in [6, 6.07) is 5.54. The van der Waals surface area contributed by atoms with Crippen molar-refractivity contribution < 1.29 is 9.84 Å². The van der Waals surface area contributed by atoms with Crippen molar-refractivity contribution in [2.45, 2.75) is 26.6 Å². The van der Waals surface area contributed by atoms with E-state index >= 15 is 0 Å². The topological polar surface area (TPSA) is 47.3 Å². The molecule has 0 spiro atoms. The van der Waals surface area contributed by atoms with Gasteiger partial charge in [0.15, 0.2) is 0 Å². The first-order valence-corrected chi connectivity index (χ1v) is 7.35. The Morgan fingerprint density at radius 3 is 2.75 bits per heavy atom. The Hall–Kier alpha value is -1.04. The van der Waals surface area contributed by atoms with E-state index in [1.165, 1.54) is 0 Å². The summed E-state index contributed by atoms with van der Waals surface area (Å²) in [5.74, 6) is 0.637. The summed E-state index contributed by atoms with van der Waals surface area (Å²) in [7, 11) is 1.83. The predicted octanol–water partition coefficient (Wildman–Crippen LogP) is 3.78. The van der Waals surface area contributed by atoms with Gasteiger partial charge in [-0.05, 0) is 32.0 Å². The Balaban J connectivity index is 2.23. The smallest absolute Gasteiger partial charge is 0.131 e. The fourth-order valence-electron chi connectivity index (χ4n) is 1.96. The molecule has 0 amide bonds. The Morgan fingerprint density at radius 1 is 1.50 bits per heavy atom.